The molecule has 1 atom stereocenters. The molecule has 0 radical (unpaired) electrons. The number of anilines is 3. The van der Waals surface area contributed by atoms with Crippen LogP contribution in [-0.2, 0) is 17.3 Å². The number of benzene rings is 1. The summed E-state index contributed by atoms with van der Waals surface area (Å²) < 4.78 is 57.8. The Bertz CT molecular complexity index is 844. The number of ether oxygens (including phenoxy) is 1. The molecule has 1 N–H and O–H groups in total. The van der Waals surface area contributed by atoms with Crippen molar-refractivity contribution in [2.75, 3.05) is 30.5 Å². The van der Waals surface area contributed by atoms with Crippen molar-refractivity contribution in [1.29, 1.82) is 0 Å². The van der Waals surface area contributed by atoms with Crippen LogP contribution < -0.4 is 10.2 Å². The Morgan fingerprint density at radius 3 is 2.72 bits per heavy atom. The van der Waals surface area contributed by atoms with Gasteiger partial charge in [0, 0.05) is 31.1 Å². The largest absolute Gasteiger partial charge is 0.419 e. The Labute approximate surface area is 167 Å². The molecule has 0 spiro atoms. The molecule has 1 saturated heterocycles. The lowest BCUT2D eigenvalue weighted by Crippen LogP contribution is -2.33. The number of alkyl halides is 3. The molecule has 0 aliphatic carbocycles. The second kappa shape index (κ2) is 8.94. The van der Waals surface area contributed by atoms with E-state index in [2.05, 4.69) is 20.2 Å². The summed E-state index contributed by atoms with van der Waals surface area (Å²) in [6.45, 7) is 3.42. The molecule has 0 saturated carbocycles. The highest BCUT2D eigenvalue weighted by Gasteiger charge is 2.34. The lowest BCUT2D eigenvalue weighted by Gasteiger charge is -2.26. The van der Waals surface area contributed by atoms with E-state index in [1.807, 2.05) is 13.0 Å². The summed E-state index contributed by atoms with van der Waals surface area (Å²) in [7, 11) is 1.65. The van der Waals surface area contributed by atoms with Gasteiger partial charge >= 0.3 is 6.18 Å². The van der Waals surface area contributed by atoms with Crippen molar-refractivity contribution in [2.45, 2.75) is 44.8 Å². The summed E-state index contributed by atoms with van der Waals surface area (Å²) in [5.41, 5.74) is -0.457. The highest BCUT2D eigenvalue weighted by atomic mass is 19.4. The van der Waals surface area contributed by atoms with Gasteiger partial charge in [-0.3, -0.25) is 0 Å². The third-order valence-corrected chi connectivity index (χ3v) is 4.83. The van der Waals surface area contributed by atoms with Gasteiger partial charge in [0.2, 0.25) is 5.95 Å². The van der Waals surface area contributed by atoms with Gasteiger partial charge in [0.15, 0.2) is 0 Å². The molecule has 1 unspecified atom stereocenters. The molecule has 29 heavy (non-hydrogen) atoms. The van der Waals surface area contributed by atoms with Gasteiger partial charge in [-0.25, -0.2) is 9.37 Å². The minimum absolute atomic E-state index is 0.0770. The molecule has 1 aliphatic heterocycles. The standard InChI is InChI=1S/C20H24F4N4O/c1-3-5-13-11-18(28-9-4-6-15(28)12-29-2)27-19(25-13)26-14-7-8-17(21)16(10-14)20(22,23)24/h7-8,10-11,15H,3-6,9,12H2,1-2H3,(H,25,26,27). The van der Waals surface area contributed by atoms with Gasteiger partial charge in [0.1, 0.15) is 11.6 Å². The molecule has 2 aromatic rings. The zero-order chi connectivity index (χ0) is 21.0. The minimum Gasteiger partial charge on any atom is -0.383 e. The number of rotatable bonds is 7. The van der Waals surface area contributed by atoms with Crippen molar-refractivity contribution in [3.63, 3.8) is 0 Å². The van der Waals surface area contributed by atoms with Gasteiger partial charge in [-0.2, -0.15) is 18.2 Å². The zero-order valence-corrected chi connectivity index (χ0v) is 16.4. The fourth-order valence-corrected chi connectivity index (χ4v) is 3.52. The number of aromatic nitrogens is 2. The first-order valence-electron chi connectivity index (χ1n) is 9.59. The van der Waals surface area contributed by atoms with Gasteiger partial charge in [-0.1, -0.05) is 13.3 Å². The maximum atomic E-state index is 13.6. The van der Waals surface area contributed by atoms with Crippen molar-refractivity contribution < 1.29 is 22.3 Å². The molecule has 158 valence electrons. The fourth-order valence-electron chi connectivity index (χ4n) is 3.52. The number of hydrogen-bond acceptors (Lipinski definition) is 5. The first-order valence-corrected chi connectivity index (χ1v) is 9.59. The van der Waals surface area contributed by atoms with E-state index in [4.69, 9.17) is 4.74 Å². The second-order valence-electron chi connectivity index (χ2n) is 7.05. The minimum atomic E-state index is -4.78. The molecule has 1 aliphatic rings. The summed E-state index contributed by atoms with van der Waals surface area (Å²) in [5, 5.41) is 2.81. The van der Waals surface area contributed by atoms with E-state index < -0.39 is 17.6 Å². The van der Waals surface area contributed by atoms with E-state index in [1.165, 1.54) is 6.07 Å². The van der Waals surface area contributed by atoms with Crippen LogP contribution >= 0.6 is 0 Å². The topological polar surface area (TPSA) is 50.3 Å². The van der Waals surface area contributed by atoms with Crippen molar-refractivity contribution >= 4 is 17.5 Å². The molecular formula is C20H24F4N4O. The Morgan fingerprint density at radius 2 is 2.03 bits per heavy atom. The monoisotopic (exact) mass is 412 g/mol. The average Bonchev–Trinajstić information content (AvgIpc) is 3.11. The van der Waals surface area contributed by atoms with Crippen LogP contribution in [0.5, 0.6) is 0 Å². The first-order chi connectivity index (χ1) is 13.8. The van der Waals surface area contributed by atoms with E-state index in [0.717, 1.165) is 43.6 Å². The van der Waals surface area contributed by atoms with E-state index >= 15 is 0 Å². The van der Waals surface area contributed by atoms with Crippen LogP contribution in [0.25, 0.3) is 0 Å². The van der Waals surface area contributed by atoms with Crippen molar-refractivity contribution in [1.82, 2.24) is 9.97 Å². The maximum absolute atomic E-state index is 13.6. The average molecular weight is 412 g/mol. The van der Waals surface area contributed by atoms with Gasteiger partial charge in [0.25, 0.3) is 0 Å². The van der Waals surface area contributed by atoms with E-state index in [0.29, 0.717) is 18.8 Å². The van der Waals surface area contributed by atoms with Gasteiger partial charge in [-0.05, 0) is 37.5 Å². The van der Waals surface area contributed by atoms with Crippen LogP contribution in [0, 0.1) is 5.82 Å². The highest BCUT2D eigenvalue weighted by Crippen LogP contribution is 2.34. The number of nitrogens with zero attached hydrogens (tertiary/aromatic N) is 3. The first kappa shape index (κ1) is 21.3. The number of halogens is 4. The smallest absolute Gasteiger partial charge is 0.383 e. The van der Waals surface area contributed by atoms with Crippen LogP contribution in [0.4, 0.5) is 35.0 Å². The molecule has 0 amide bonds. The van der Waals surface area contributed by atoms with Gasteiger partial charge in [0.05, 0.1) is 18.2 Å². The summed E-state index contributed by atoms with van der Waals surface area (Å²) >= 11 is 0. The van der Waals surface area contributed by atoms with E-state index in [9.17, 15) is 17.6 Å². The second-order valence-corrected chi connectivity index (χ2v) is 7.05. The highest BCUT2D eigenvalue weighted by molar-refractivity contribution is 5.57. The van der Waals surface area contributed by atoms with Crippen LogP contribution in [-0.4, -0.2) is 36.3 Å². The fraction of sp³-hybridized carbons (Fsp3) is 0.500. The molecule has 9 heteroatoms. The lowest BCUT2D eigenvalue weighted by atomic mass is 10.2. The Morgan fingerprint density at radius 1 is 1.24 bits per heavy atom. The van der Waals surface area contributed by atoms with Crippen molar-refractivity contribution in [3.05, 3.63) is 41.3 Å². The SMILES string of the molecule is CCCc1cc(N2CCCC2COC)nc(Nc2ccc(F)c(C(F)(F)F)c2)n1. The molecule has 3 rings (SSSR count). The predicted molar refractivity (Wildman–Crippen MR) is 103 cm³/mol. The molecule has 5 nitrogen and oxygen atoms in total. The molecule has 1 aromatic heterocycles. The van der Waals surface area contributed by atoms with Crippen molar-refractivity contribution in [2.24, 2.45) is 0 Å². The Kier molecular flexibility index (Phi) is 6.56. The Hall–Kier alpha value is -2.42. The molecule has 2 heterocycles. The van der Waals surface area contributed by atoms with Crippen LogP contribution in [0.2, 0.25) is 0 Å². The molecule has 1 fully saturated rings. The zero-order valence-electron chi connectivity index (χ0n) is 16.4. The summed E-state index contributed by atoms with van der Waals surface area (Å²) in [6, 6.07) is 4.86. The van der Waals surface area contributed by atoms with Crippen LogP contribution in [0.1, 0.15) is 37.4 Å². The summed E-state index contributed by atoms with van der Waals surface area (Å²) in [4.78, 5) is 11.1. The molecule has 0 bridgehead atoms. The predicted octanol–water partition coefficient (Wildman–Crippen LogP) is 4.95. The van der Waals surface area contributed by atoms with Crippen molar-refractivity contribution in [3.8, 4) is 0 Å². The number of hydrogen-bond donors (Lipinski definition) is 1. The van der Waals surface area contributed by atoms with Gasteiger partial charge in [-0.15, -0.1) is 0 Å². The molecular weight excluding hydrogens is 388 g/mol. The number of aryl methyl sites for hydroxylation is 1. The molecule has 1 aromatic carbocycles. The summed E-state index contributed by atoms with van der Waals surface area (Å²) in [6.07, 6.45) is -1.20. The van der Waals surface area contributed by atoms with E-state index in [-0.39, 0.29) is 17.7 Å². The van der Waals surface area contributed by atoms with Crippen LogP contribution in [0.15, 0.2) is 24.3 Å². The third kappa shape index (κ3) is 5.14. The van der Waals surface area contributed by atoms with Gasteiger partial charge < -0.3 is 15.0 Å². The number of nitrogens with one attached hydrogen (secondary N) is 1. The maximum Gasteiger partial charge on any atom is 0.419 e. The van der Waals surface area contributed by atoms with Crippen LogP contribution in [0.3, 0.4) is 0 Å². The Balaban J connectivity index is 1.92. The summed E-state index contributed by atoms with van der Waals surface area (Å²) in [5.74, 6) is -0.415. The van der Waals surface area contributed by atoms with E-state index in [1.54, 1.807) is 7.11 Å². The third-order valence-electron chi connectivity index (χ3n) is 4.83. The number of methoxy groups -OCH3 is 1. The normalized spacial score (nSPS) is 17.0. The lowest BCUT2D eigenvalue weighted by molar-refractivity contribution is -0.139. The quantitative estimate of drug-likeness (QED) is 0.653.